The molecule has 4 aromatic rings. The van der Waals surface area contributed by atoms with E-state index < -0.39 is 28.5 Å². The lowest BCUT2D eigenvalue weighted by Crippen LogP contribution is -2.54. The fourth-order valence-corrected chi connectivity index (χ4v) is 6.40. The number of halogens is 2. The molecule has 2 atom stereocenters. The molecule has 0 aromatic heterocycles. The number of sulfonamides is 1. The first-order valence-electron chi connectivity index (χ1n) is 14.3. The van der Waals surface area contributed by atoms with Crippen LogP contribution in [0.25, 0.3) is 0 Å². The molecule has 0 spiro atoms. The van der Waals surface area contributed by atoms with Crippen molar-refractivity contribution in [2.75, 3.05) is 10.8 Å². The van der Waals surface area contributed by atoms with Gasteiger partial charge in [-0.2, -0.15) is 0 Å². The predicted octanol–water partition coefficient (Wildman–Crippen LogP) is 6.74. The molecule has 0 heterocycles. The Morgan fingerprint density at radius 1 is 0.818 bits per heavy atom. The van der Waals surface area contributed by atoms with E-state index in [9.17, 15) is 18.0 Å². The number of nitrogens with one attached hydrogen (secondary N) is 1. The van der Waals surface area contributed by atoms with Crippen LogP contribution >= 0.6 is 23.2 Å². The molecule has 0 aliphatic rings. The SMILES string of the molecule is CC[C@H](C)NC(=O)[C@H](Cc1ccccc1)N(Cc1ccccc1Cl)C(=O)CN(c1ccccc1)S(=O)(=O)c1ccc(Cl)cc1. The molecule has 0 saturated carbocycles. The van der Waals surface area contributed by atoms with Crippen molar-refractivity contribution in [2.45, 2.75) is 50.2 Å². The lowest BCUT2D eigenvalue weighted by atomic mass is 10.0. The van der Waals surface area contributed by atoms with Crippen LogP contribution in [0.3, 0.4) is 0 Å². The molecule has 4 rings (SSSR count). The van der Waals surface area contributed by atoms with Crippen molar-refractivity contribution in [1.29, 1.82) is 0 Å². The predicted molar refractivity (Wildman–Crippen MR) is 176 cm³/mol. The van der Waals surface area contributed by atoms with Gasteiger partial charge >= 0.3 is 0 Å². The third-order valence-corrected chi connectivity index (χ3v) is 9.70. The van der Waals surface area contributed by atoms with Gasteiger partial charge in [-0.25, -0.2) is 8.42 Å². The van der Waals surface area contributed by atoms with E-state index in [0.29, 0.717) is 27.7 Å². The third-order valence-electron chi connectivity index (χ3n) is 7.30. The lowest BCUT2D eigenvalue weighted by molar-refractivity contribution is -0.140. The number of amides is 2. The standard InChI is InChI=1S/C34H35Cl2N3O4S/c1-3-25(2)37-34(41)32(22-26-12-6-4-7-13-26)38(23-27-14-10-11-17-31(27)36)33(40)24-39(29-15-8-5-9-16-29)44(42,43)30-20-18-28(35)19-21-30/h4-21,25,32H,3,22-24H2,1-2H3,(H,37,41)/t25-,32-/m0/s1. The van der Waals surface area contributed by atoms with Crippen LogP contribution in [0.2, 0.25) is 10.0 Å². The van der Waals surface area contributed by atoms with Crippen LogP contribution in [0.1, 0.15) is 31.4 Å². The minimum Gasteiger partial charge on any atom is -0.352 e. The van der Waals surface area contributed by atoms with Gasteiger partial charge < -0.3 is 10.2 Å². The molecule has 0 fully saturated rings. The van der Waals surface area contributed by atoms with E-state index in [1.807, 2.05) is 44.2 Å². The molecule has 230 valence electrons. The lowest BCUT2D eigenvalue weighted by Gasteiger charge is -2.34. The summed E-state index contributed by atoms with van der Waals surface area (Å²) >= 11 is 12.6. The maximum atomic E-state index is 14.4. The topological polar surface area (TPSA) is 86.8 Å². The van der Waals surface area contributed by atoms with E-state index in [1.54, 1.807) is 54.6 Å². The number of rotatable bonds is 13. The first-order valence-corrected chi connectivity index (χ1v) is 16.5. The van der Waals surface area contributed by atoms with Crippen molar-refractivity contribution < 1.29 is 18.0 Å². The van der Waals surface area contributed by atoms with E-state index in [1.165, 1.54) is 29.2 Å². The van der Waals surface area contributed by atoms with Crippen molar-refractivity contribution in [3.05, 3.63) is 130 Å². The molecule has 44 heavy (non-hydrogen) atoms. The number of hydrogen-bond acceptors (Lipinski definition) is 4. The Kier molecular flexibility index (Phi) is 11.4. The summed E-state index contributed by atoms with van der Waals surface area (Å²) in [6.07, 6.45) is 0.915. The van der Waals surface area contributed by atoms with Gasteiger partial charge in [-0.05, 0) is 66.9 Å². The summed E-state index contributed by atoms with van der Waals surface area (Å²) < 4.78 is 29.1. The smallest absolute Gasteiger partial charge is 0.264 e. The molecule has 2 amide bonds. The number of para-hydroxylation sites is 1. The average Bonchev–Trinajstić information content (AvgIpc) is 3.03. The van der Waals surface area contributed by atoms with E-state index >= 15 is 0 Å². The molecule has 10 heteroatoms. The number of anilines is 1. The van der Waals surface area contributed by atoms with Crippen LogP contribution in [0.5, 0.6) is 0 Å². The van der Waals surface area contributed by atoms with Crippen LogP contribution < -0.4 is 9.62 Å². The van der Waals surface area contributed by atoms with Gasteiger partial charge in [0.15, 0.2) is 0 Å². The number of carbonyl (C=O) groups is 2. The molecule has 0 saturated heterocycles. The zero-order valence-corrected chi connectivity index (χ0v) is 26.9. The first-order chi connectivity index (χ1) is 21.1. The highest BCUT2D eigenvalue weighted by Crippen LogP contribution is 2.26. The Labute approximate surface area is 269 Å². The number of carbonyl (C=O) groups excluding carboxylic acids is 2. The summed E-state index contributed by atoms with van der Waals surface area (Å²) in [5, 5.41) is 3.83. The fourth-order valence-electron chi connectivity index (χ4n) is 4.66. The maximum Gasteiger partial charge on any atom is 0.264 e. The summed E-state index contributed by atoms with van der Waals surface area (Å²) in [6, 6.07) is 29.6. The molecule has 4 aromatic carbocycles. The monoisotopic (exact) mass is 651 g/mol. The van der Waals surface area contributed by atoms with E-state index in [0.717, 1.165) is 9.87 Å². The molecular formula is C34H35Cl2N3O4S. The zero-order valence-electron chi connectivity index (χ0n) is 24.6. The van der Waals surface area contributed by atoms with Crippen LogP contribution in [0.15, 0.2) is 114 Å². The van der Waals surface area contributed by atoms with Crippen LogP contribution in [0, 0.1) is 0 Å². The van der Waals surface area contributed by atoms with E-state index in [2.05, 4.69) is 5.32 Å². The first kappa shape index (κ1) is 33.1. The summed E-state index contributed by atoms with van der Waals surface area (Å²) in [5.41, 5.74) is 1.78. The van der Waals surface area contributed by atoms with Crippen molar-refractivity contribution >= 4 is 50.7 Å². The van der Waals surface area contributed by atoms with Crippen molar-refractivity contribution in [3.63, 3.8) is 0 Å². The van der Waals surface area contributed by atoms with E-state index in [4.69, 9.17) is 23.2 Å². The average molecular weight is 653 g/mol. The summed E-state index contributed by atoms with van der Waals surface area (Å²) in [4.78, 5) is 29.7. The highest BCUT2D eigenvalue weighted by atomic mass is 35.5. The van der Waals surface area contributed by atoms with Gasteiger partial charge in [0.2, 0.25) is 11.8 Å². The number of nitrogens with zero attached hydrogens (tertiary/aromatic N) is 2. The highest BCUT2D eigenvalue weighted by molar-refractivity contribution is 7.92. The Bertz CT molecular complexity index is 1650. The maximum absolute atomic E-state index is 14.4. The molecule has 7 nitrogen and oxygen atoms in total. The van der Waals surface area contributed by atoms with Gasteiger partial charge in [0.05, 0.1) is 10.6 Å². The summed E-state index contributed by atoms with van der Waals surface area (Å²) in [5.74, 6) is -0.901. The summed E-state index contributed by atoms with van der Waals surface area (Å²) in [7, 11) is -4.21. The molecular weight excluding hydrogens is 617 g/mol. The molecule has 0 unspecified atom stereocenters. The molecule has 0 radical (unpaired) electrons. The fraction of sp³-hybridized carbons (Fsp3) is 0.235. The second-order valence-electron chi connectivity index (χ2n) is 10.4. The minimum absolute atomic E-state index is 0.00639. The normalized spacial score (nSPS) is 12.6. The number of hydrogen-bond donors (Lipinski definition) is 1. The molecule has 0 bridgehead atoms. The van der Waals surface area contributed by atoms with Crippen molar-refractivity contribution in [2.24, 2.45) is 0 Å². The Hall–Kier alpha value is -3.85. The van der Waals surface area contributed by atoms with Gasteiger partial charge in [0.1, 0.15) is 12.6 Å². The molecule has 1 N–H and O–H groups in total. The Balaban J connectivity index is 1.80. The van der Waals surface area contributed by atoms with Crippen molar-refractivity contribution in [3.8, 4) is 0 Å². The minimum atomic E-state index is -4.21. The van der Waals surface area contributed by atoms with Crippen molar-refractivity contribution in [1.82, 2.24) is 10.2 Å². The zero-order chi connectivity index (χ0) is 31.7. The van der Waals surface area contributed by atoms with Crippen LogP contribution in [-0.4, -0.2) is 43.8 Å². The quantitative estimate of drug-likeness (QED) is 0.173. The largest absolute Gasteiger partial charge is 0.352 e. The van der Waals surface area contributed by atoms with Gasteiger partial charge in [-0.15, -0.1) is 0 Å². The Morgan fingerprint density at radius 3 is 2.02 bits per heavy atom. The van der Waals surface area contributed by atoms with E-state index in [-0.39, 0.29) is 29.8 Å². The second-order valence-corrected chi connectivity index (χ2v) is 13.1. The third kappa shape index (κ3) is 8.40. The number of benzene rings is 4. The summed E-state index contributed by atoms with van der Waals surface area (Å²) in [6.45, 7) is 3.30. The van der Waals surface area contributed by atoms with Gasteiger partial charge in [0.25, 0.3) is 10.0 Å². The molecule has 0 aliphatic carbocycles. The highest BCUT2D eigenvalue weighted by Gasteiger charge is 2.35. The second kappa shape index (κ2) is 15.2. The van der Waals surface area contributed by atoms with Crippen LogP contribution in [-0.2, 0) is 32.6 Å². The molecule has 0 aliphatic heterocycles. The van der Waals surface area contributed by atoms with Crippen LogP contribution in [0.4, 0.5) is 5.69 Å². The van der Waals surface area contributed by atoms with Gasteiger partial charge in [-0.1, -0.05) is 96.9 Å². The van der Waals surface area contributed by atoms with Gasteiger partial charge in [0, 0.05) is 29.1 Å². The Morgan fingerprint density at radius 2 is 1.41 bits per heavy atom. The van der Waals surface area contributed by atoms with Gasteiger partial charge in [-0.3, -0.25) is 13.9 Å².